The van der Waals surface area contributed by atoms with E-state index in [0.717, 1.165) is 13.0 Å². The molecule has 17 heavy (non-hydrogen) atoms. The number of halogens is 3. The number of amides is 1. The number of carbonyl (C=O) groups excluding carboxylic acids is 2. The highest BCUT2D eigenvalue weighted by molar-refractivity contribution is 5.84. The summed E-state index contributed by atoms with van der Waals surface area (Å²) in [4.78, 5) is 21.5. The Labute approximate surface area is 95.5 Å². The molecule has 5 nitrogen and oxygen atoms in total. The number of esters is 1. The summed E-state index contributed by atoms with van der Waals surface area (Å²) in [5.41, 5.74) is 4.90. The van der Waals surface area contributed by atoms with Crippen LogP contribution in [0.5, 0.6) is 0 Å². The average Bonchev–Trinajstić information content (AvgIpc) is 2.67. The van der Waals surface area contributed by atoms with Gasteiger partial charge in [0.05, 0.1) is 0 Å². The van der Waals surface area contributed by atoms with Gasteiger partial charge in [0, 0.05) is 12.5 Å². The van der Waals surface area contributed by atoms with Crippen LogP contribution in [0, 0.1) is 0 Å². The fraction of sp³-hybridized carbons (Fsp3) is 0.778. The second kappa shape index (κ2) is 5.35. The molecule has 0 radical (unpaired) electrons. The number of nitrogens with two attached hydrogens (primary N) is 1. The Hall–Kier alpha value is -1.31. The monoisotopic (exact) mass is 254 g/mol. The molecule has 1 fully saturated rings. The number of primary amides is 1. The fourth-order valence-corrected chi connectivity index (χ4v) is 1.63. The molecule has 1 rings (SSSR count). The van der Waals surface area contributed by atoms with E-state index in [1.54, 1.807) is 0 Å². The molecule has 8 heteroatoms. The van der Waals surface area contributed by atoms with E-state index >= 15 is 0 Å². The van der Waals surface area contributed by atoms with Crippen molar-refractivity contribution in [2.24, 2.45) is 5.73 Å². The molecule has 0 bridgehead atoms. The van der Waals surface area contributed by atoms with Gasteiger partial charge in [0.1, 0.15) is 0 Å². The Morgan fingerprint density at radius 3 is 2.53 bits per heavy atom. The van der Waals surface area contributed by atoms with Crippen LogP contribution in [0.25, 0.3) is 0 Å². The van der Waals surface area contributed by atoms with Gasteiger partial charge in [0.2, 0.25) is 0 Å². The van der Waals surface area contributed by atoms with Crippen molar-refractivity contribution in [3.63, 3.8) is 0 Å². The number of hydrogen-bond acceptors (Lipinski definition) is 4. The van der Waals surface area contributed by atoms with E-state index in [4.69, 9.17) is 5.73 Å². The number of nitrogens with one attached hydrogen (secondary N) is 1. The summed E-state index contributed by atoms with van der Waals surface area (Å²) in [5, 5.41) is 2.97. The van der Waals surface area contributed by atoms with Gasteiger partial charge in [-0.2, -0.15) is 13.2 Å². The van der Waals surface area contributed by atoms with Crippen LogP contribution in [-0.4, -0.2) is 36.7 Å². The summed E-state index contributed by atoms with van der Waals surface area (Å²) in [6.07, 6.45) is -5.11. The van der Waals surface area contributed by atoms with Crippen molar-refractivity contribution in [3.8, 4) is 0 Å². The molecule has 1 aliphatic rings. The summed E-state index contributed by atoms with van der Waals surface area (Å²) >= 11 is 0. The Balaban J connectivity index is 2.54. The molecule has 1 unspecified atom stereocenters. The lowest BCUT2D eigenvalue weighted by atomic mass is 10.1. The minimum absolute atomic E-state index is 0.0306. The van der Waals surface area contributed by atoms with Crippen molar-refractivity contribution >= 4 is 11.9 Å². The molecule has 0 aromatic heterocycles. The maximum atomic E-state index is 11.9. The van der Waals surface area contributed by atoms with Crippen molar-refractivity contribution in [3.05, 3.63) is 0 Å². The molecule has 1 heterocycles. The van der Waals surface area contributed by atoms with E-state index in [1.165, 1.54) is 0 Å². The average molecular weight is 254 g/mol. The van der Waals surface area contributed by atoms with Gasteiger partial charge in [-0.05, 0) is 19.4 Å². The predicted molar refractivity (Wildman–Crippen MR) is 50.8 cm³/mol. The van der Waals surface area contributed by atoms with Gasteiger partial charge in [-0.15, -0.1) is 0 Å². The molecular weight excluding hydrogens is 241 g/mol. The first-order chi connectivity index (χ1) is 7.80. The van der Waals surface area contributed by atoms with Crippen molar-refractivity contribution in [1.82, 2.24) is 5.32 Å². The van der Waals surface area contributed by atoms with Gasteiger partial charge in [0.15, 0.2) is 6.10 Å². The quantitative estimate of drug-likeness (QED) is 0.696. The number of ether oxygens (including phenoxy) is 1. The molecule has 1 saturated heterocycles. The maximum Gasteiger partial charge on any atom is 0.490 e. The Morgan fingerprint density at radius 1 is 1.47 bits per heavy atom. The number of rotatable bonds is 4. The largest absolute Gasteiger partial charge is 0.490 e. The lowest BCUT2D eigenvalue weighted by molar-refractivity contribution is -0.205. The molecule has 3 N–H and O–H groups in total. The third-order valence-electron chi connectivity index (χ3n) is 2.46. The zero-order chi connectivity index (χ0) is 13.1. The van der Waals surface area contributed by atoms with Gasteiger partial charge in [-0.1, -0.05) is 0 Å². The van der Waals surface area contributed by atoms with Crippen molar-refractivity contribution in [2.45, 2.75) is 37.6 Å². The molecular formula is C9H13F3N2O3. The lowest BCUT2D eigenvalue weighted by Crippen LogP contribution is -2.41. The third kappa shape index (κ3) is 4.22. The van der Waals surface area contributed by atoms with Gasteiger partial charge >= 0.3 is 12.1 Å². The van der Waals surface area contributed by atoms with Crippen LogP contribution >= 0.6 is 0 Å². The standard InChI is InChI=1S/C9H13F3N2O3/c10-9(11,12)8(16)17-6(7(13)15)4-5-2-1-3-14-5/h5-6,14H,1-4H2,(H2,13,15)/t5-,6?/m0/s1. The first-order valence-electron chi connectivity index (χ1n) is 5.11. The van der Waals surface area contributed by atoms with Crippen LogP contribution in [0.15, 0.2) is 0 Å². The van der Waals surface area contributed by atoms with Gasteiger partial charge < -0.3 is 15.8 Å². The van der Waals surface area contributed by atoms with Gasteiger partial charge in [-0.25, -0.2) is 4.79 Å². The van der Waals surface area contributed by atoms with Crippen LogP contribution in [0.1, 0.15) is 19.3 Å². The highest BCUT2D eigenvalue weighted by atomic mass is 19.4. The summed E-state index contributed by atoms with van der Waals surface area (Å²) < 4.78 is 39.9. The highest BCUT2D eigenvalue weighted by Gasteiger charge is 2.43. The Bertz CT molecular complexity index is 300. The lowest BCUT2D eigenvalue weighted by Gasteiger charge is -2.19. The molecule has 0 aromatic rings. The number of alkyl halides is 3. The molecule has 0 aliphatic carbocycles. The van der Waals surface area contributed by atoms with E-state index < -0.39 is 24.2 Å². The fourth-order valence-electron chi connectivity index (χ4n) is 1.63. The molecule has 2 atom stereocenters. The predicted octanol–water partition coefficient (Wildman–Crippen LogP) is 0.0879. The van der Waals surface area contributed by atoms with Gasteiger partial charge in [-0.3, -0.25) is 4.79 Å². The molecule has 0 saturated carbocycles. The Morgan fingerprint density at radius 2 is 2.12 bits per heavy atom. The Kier molecular flexibility index (Phi) is 4.33. The first kappa shape index (κ1) is 13.8. The van der Waals surface area contributed by atoms with E-state index in [-0.39, 0.29) is 12.5 Å². The van der Waals surface area contributed by atoms with E-state index in [0.29, 0.717) is 6.42 Å². The minimum atomic E-state index is -5.11. The highest BCUT2D eigenvalue weighted by Crippen LogP contribution is 2.20. The van der Waals surface area contributed by atoms with Crippen LogP contribution in [0.3, 0.4) is 0 Å². The summed E-state index contributed by atoms with van der Waals surface area (Å²) in [7, 11) is 0. The second-order valence-corrected chi connectivity index (χ2v) is 3.82. The zero-order valence-electron chi connectivity index (χ0n) is 8.92. The minimum Gasteiger partial charge on any atom is -0.446 e. The topological polar surface area (TPSA) is 81.4 Å². The van der Waals surface area contributed by atoms with E-state index in [9.17, 15) is 22.8 Å². The number of carbonyl (C=O) groups is 2. The number of hydrogen-bond donors (Lipinski definition) is 2. The van der Waals surface area contributed by atoms with Gasteiger partial charge in [0.25, 0.3) is 5.91 Å². The second-order valence-electron chi connectivity index (χ2n) is 3.82. The zero-order valence-corrected chi connectivity index (χ0v) is 8.92. The molecule has 0 spiro atoms. The SMILES string of the molecule is NC(=O)C(C[C@@H]1CCCN1)OC(=O)C(F)(F)F. The summed E-state index contributed by atoms with van der Waals surface area (Å²) in [5.74, 6) is -3.46. The summed E-state index contributed by atoms with van der Waals surface area (Å²) in [6.45, 7) is 0.726. The molecule has 1 aliphatic heterocycles. The van der Waals surface area contributed by atoms with E-state index in [1.807, 2.05) is 0 Å². The maximum absolute atomic E-state index is 11.9. The van der Waals surface area contributed by atoms with Crippen LogP contribution in [-0.2, 0) is 14.3 Å². The molecule has 98 valence electrons. The third-order valence-corrected chi connectivity index (χ3v) is 2.46. The first-order valence-corrected chi connectivity index (χ1v) is 5.11. The molecule has 1 amide bonds. The van der Waals surface area contributed by atoms with E-state index in [2.05, 4.69) is 10.1 Å². The smallest absolute Gasteiger partial charge is 0.446 e. The van der Waals surface area contributed by atoms with Crippen molar-refractivity contribution in [2.75, 3.05) is 6.54 Å². The van der Waals surface area contributed by atoms with Crippen molar-refractivity contribution < 1.29 is 27.5 Å². The van der Waals surface area contributed by atoms with Crippen LogP contribution < -0.4 is 11.1 Å². The molecule has 0 aromatic carbocycles. The van der Waals surface area contributed by atoms with Crippen LogP contribution in [0.4, 0.5) is 13.2 Å². The van der Waals surface area contributed by atoms with Crippen LogP contribution in [0.2, 0.25) is 0 Å². The normalized spacial score (nSPS) is 22.2. The summed E-state index contributed by atoms with van der Waals surface area (Å²) in [6, 6.07) is -0.145. The van der Waals surface area contributed by atoms with Crippen molar-refractivity contribution in [1.29, 1.82) is 0 Å².